The summed E-state index contributed by atoms with van der Waals surface area (Å²) in [5, 5.41) is 3.58. The molecule has 3 aliphatic rings. The van der Waals surface area contributed by atoms with Crippen LogP contribution in [0.25, 0.3) is 0 Å². The van der Waals surface area contributed by atoms with Gasteiger partial charge in [0.25, 0.3) is 0 Å². The molecule has 0 aromatic carbocycles. The lowest BCUT2D eigenvalue weighted by molar-refractivity contribution is 0.00339. The fourth-order valence-electron chi connectivity index (χ4n) is 3.75. The molecule has 3 atom stereocenters. The summed E-state index contributed by atoms with van der Waals surface area (Å²) in [6.07, 6.45) is 8.72. The van der Waals surface area contributed by atoms with E-state index >= 15 is 0 Å². The van der Waals surface area contributed by atoms with Crippen molar-refractivity contribution in [2.75, 3.05) is 26.7 Å². The molecule has 0 amide bonds. The van der Waals surface area contributed by atoms with E-state index in [0.717, 1.165) is 18.0 Å². The first-order chi connectivity index (χ1) is 8.38. The Labute approximate surface area is 105 Å². The molecular formula is C14H26N2O. The van der Waals surface area contributed by atoms with Crippen LogP contribution in [-0.2, 0) is 4.74 Å². The molecule has 3 rings (SSSR count). The predicted molar refractivity (Wildman–Crippen MR) is 69.1 cm³/mol. The molecule has 1 saturated heterocycles. The minimum atomic E-state index is 0.517. The van der Waals surface area contributed by atoms with Gasteiger partial charge in [0.05, 0.1) is 6.10 Å². The number of piperazine rings is 1. The highest BCUT2D eigenvalue weighted by atomic mass is 16.5. The number of rotatable bonds is 3. The van der Waals surface area contributed by atoms with Gasteiger partial charge in [-0.25, -0.2) is 0 Å². The maximum Gasteiger partial charge on any atom is 0.0586 e. The maximum absolute atomic E-state index is 5.58. The van der Waals surface area contributed by atoms with E-state index in [1.165, 1.54) is 58.2 Å². The lowest BCUT2D eigenvalue weighted by atomic mass is 9.89. The summed E-state index contributed by atoms with van der Waals surface area (Å²) in [5.74, 6) is 0.991. The van der Waals surface area contributed by atoms with E-state index in [9.17, 15) is 0 Å². The second-order valence-electron chi connectivity index (χ2n) is 6.02. The zero-order valence-corrected chi connectivity index (χ0v) is 11.0. The highest BCUT2D eigenvalue weighted by molar-refractivity contribution is 4.96. The topological polar surface area (TPSA) is 24.5 Å². The number of hydrogen-bond donors (Lipinski definition) is 1. The summed E-state index contributed by atoms with van der Waals surface area (Å²) in [5.41, 5.74) is 0. The van der Waals surface area contributed by atoms with Gasteiger partial charge in [-0.05, 0) is 44.4 Å². The van der Waals surface area contributed by atoms with E-state index in [1.54, 1.807) is 0 Å². The van der Waals surface area contributed by atoms with Crippen molar-refractivity contribution in [2.45, 2.75) is 56.7 Å². The van der Waals surface area contributed by atoms with Crippen LogP contribution in [0.15, 0.2) is 0 Å². The van der Waals surface area contributed by atoms with Crippen molar-refractivity contribution in [1.29, 1.82) is 0 Å². The lowest BCUT2D eigenvalue weighted by Crippen LogP contribution is -2.57. The van der Waals surface area contributed by atoms with Crippen LogP contribution < -0.4 is 5.32 Å². The second kappa shape index (κ2) is 5.25. The van der Waals surface area contributed by atoms with Gasteiger partial charge in [-0.15, -0.1) is 0 Å². The summed E-state index contributed by atoms with van der Waals surface area (Å²) >= 11 is 0. The van der Waals surface area contributed by atoms with Gasteiger partial charge in [-0.1, -0.05) is 0 Å². The summed E-state index contributed by atoms with van der Waals surface area (Å²) in [6, 6.07) is 1.62. The summed E-state index contributed by atoms with van der Waals surface area (Å²) in [4.78, 5) is 2.82. The molecule has 0 radical (unpaired) electrons. The highest BCUT2D eigenvalue weighted by Gasteiger charge is 2.40. The van der Waals surface area contributed by atoms with Gasteiger partial charge < -0.3 is 10.1 Å². The van der Waals surface area contributed by atoms with E-state index in [-0.39, 0.29) is 0 Å². The van der Waals surface area contributed by atoms with Gasteiger partial charge in [-0.2, -0.15) is 0 Å². The van der Waals surface area contributed by atoms with Crippen molar-refractivity contribution < 1.29 is 4.74 Å². The Morgan fingerprint density at radius 3 is 2.82 bits per heavy atom. The molecule has 0 aromatic rings. The summed E-state index contributed by atoms with van der Waals surface area (Å²) in [6.45, 7) is 3.65. The molecule has 98 valence electrons. The minimum absolute atomic E-state index is 0.517. The Morgan fingerprint density at radius 2 is 2.06 bits per heavy atom. The van der Waals surface area contributed by atoms with Crippen molar-refractivity contribution >= 4 is 0 Å². The van der Waals surface area contributed by atoms with Gasteiger partial charge in [-0.3, -0.25) is 4.90 Å². The zero-order valence-electron chi connectivity index (χ0n) is 11.0. The molecular weight excluding hydrogens is 212 g/mol. The first-order valence-corrected chi connectivity index (χ1v) is 7.37. The molecule has 3 nitrogen and oxygen atoms in total. The van der Waals surface area contributed by atoms with Crippen LogP contribution in [0.3, 0.4) is 0 Å². The molecule has 0 bridgehead atoms. The van der Waals surface area contributed by atoms with Crippen LogP contribution >= 0.6 is 0 Å². The Kier molecular flexibility index (Phi) is 3.69. The molecule has 2 aliphatic carbocycles. The molecule has 1 aliphatic heterocycles. The van der Waals surface area contributed by atoms with Crippen LogP contribution in [0.5, 0.6) is 0 Å². The van der Waals surface area contributed by atoms with Crippen LogP contribution in [0.2, 0.25) is 0 Å². The third-order valence-corrected chi connectivity index (χ3v) is 4.89. The largest absolute Gasteiger partial charge is 0.381 e. The summed E-state index contributed by atoms with van der Waals surface area (Å²) in [7, 11) is 1.88. The highest BCUT2D eigenvalue weighted by Crippen LogP contribution is 2.38. The molecule has 3 fully saturated rings. The van der Waals surface area contributed by atoms with Crippen molar-refractivity contribution in [3.8, 4) is 0 Å². The second-order valence-corrected chi connectivity index (χ2v) is 6.02. The average molecular weight is 238 g/mol. The van der Waals surface area contributed by atoms with Crippen LogP contribution in [-0.4, -0.2) is 49.8 Å². The minimum Gasteiger partial charge on any atom is -0.381 e. The Morgan fingerprint density at radius 1 is 1.18 bits per heavy atom. The van der Waals surface area contributed by atoms with Gasteiger partial charge in [0.1, 0.15) is 0 Å². The third kappa shape index (κ3) is 2.67. The standard InChI is InChI=1S/C14H26N2O/c1-17-13-4-2-3-12(9-13)16-8-7-15-10-14(16)11-5-6-11/h11-15H,2-10H2,1H3. The van der Waals surface area contributed by atoms with E-state index in [0.29, 0.717) is 6.10 Å². The SMILES string of the molecule is COC1CCCC(N2CCNCC2C2CC2)C1. The quantitative estimate of drug-likeness (QED) is 0.809. The number of nitrogens with one attached hydrogen (secondary N) is 1. The van der Waals surface area contributed by atoms with E-state index in [2.05, 4.69) is 10.2 Å². The Bertz CT molecular complexity index is 255. The molecule has 2 saturated carbocycles. The molecule has 17 heavy (non-hydrogen) atoms. The molecule has 1 N–H and O–H groups in total. The normalized spacial score (nSPS) is 40.4. The Hall–Kier alpha value is -0.120. The number of hydrogen-bond acceptors (Lipinski definition) is 3. The van der Waals surface area contributed by atoms with E-state index < -0.39 is 0 Å². The Balaban J connectivity index is 1.63. The van der Waals surface area contributed by atoms with Crippen molar-refractivity contribution in [1.82, 2.24) is 10.2 Å². The van der Waals surface area contributed by atoms with Crippen LogP contribution in [0, 0.1) is 5.92 Å². The van der Waals surface area contributed by atoms with E-state index in [4.69, 9.17) is 4.74 Å². The number of methoxy groups -OCH3 is 1. The molecule has 0 aromatic heterocycles. The van der Waals surface area contributed by atoms with E-state index in [1.807, 2.05) is 7.11 Å². The molecule has 3 unspecified atom stereocenters. The fraction of sp³-hybridized carbons (Fsp3) is 1.00. The maximum atomic E-state index is 5.58. The smallest absolute Gasteiger partial charge is 0.0586 e. The van der Waals surface area contributed by atoms with Crippen LogP contribution in [0.4, 0.5) is 0 Å². The van der Waals surface area contributed by atoms with Gasteiger partial charge in [0.15, 0.2) is 0 Å². The van der Waals surface area contributed by atoms with Crippen LogP contribution in [0.1, 0.15) is 38.5 Å². The van der Waals surface area contributed by atoms with Gasteiger partial charge >= 0.3 is 0 Å². The zero-order chi connectivity index (χ0) is 11.7. The lowest BCUT2D eigenvalue weighted by Gasteiger charge is -2.44. The predicted octanol–water partition coefficient (Wildman–Crippen LogP) is 1.63. The monoisotopic (exact) mass is 238 g/mol. The van der Waals surface area contributed by atoms with Gasteiger partial charge in [0.2, 0.25) is 0 Å². The van der Waals surface area contributed by atoms with Crippen molar-refractivity contribution in [2.24, 2.45) is 5.92 Å². The third-order valence-electron chi connectivity index (χ3n) is 4.89. The first-order valence-electron chi connectivity index (χ1n) is 7.37. The number of ether oxygens (including phenoxy) is 1. The van der Waals surface area contributed by atoms with Gasteiger partial charge in [0, 0.05) is 38.8 Å². The average Bonchev–Trinajstić information content (AvgIpc) is 3.23. The molecule has 0 spiro atoms. The number of nitrogens with zero attached hydrogens (tertiary/aromatic N) is 1. The first kappa shape index (κ1) is 11.9. The fourth-order valence-corrected chi connectivity index (χ4v) is 3.75. The summed E-state index contributed by atoms with van der Waals surface area (Å²) < 4.78 is 5.58. The molecule has 3 heteroatoms. The van der Waals surface area contributed by atoms with Crippen molar-refractivity contribution in [3.05, 3.63) is 0 Å². The molecule has 1 heterocycles. The van der Waals surface area contributed by atoms with Crippen molar-refractivity contribution in [3.63, 3.8) is 0 Å².